The maximum atomic E-state index is 11.8. The number of likely N-dealkylation sites (N-methyl/N-ethyl adjacent to an activating group) is 2. The van der Waals surface area contributed by atoms with Gasteiger partial charge in [0.05, 0.1) is 0 Å². The summed E-state index contributed by atoms with van der Waals surface area (Å²) in [4.78, 5) is 36.3. The van der Waals surface area contributed by atoms with E-state index in [2.05, 4.69) is 0 Å². The highest BCUT2D eigenvalue weighted by atomic mass is 16.4. The molecular weight excluding hydrogens is 200 g/mol. The molecule has 0 radical (unpaired) electrons. The molecule has 0 unspecified atom stereocenters. The van der Waals surface area contributed by atoms with E-state index in [0.717, 1.165) is 9.80 Å². The van der Waals surface area contributed by atoms with Crippen LogP contribution in [0.2, 0.25) is 0 Å². The Balaban J connectivity index is 3.23. The third-order valence-corrected chi connectivity index (χ3v) is 2.77. The first-order valence-electron chi connectivity index (χ1n) is 4.69. The van der Waals surface area contributed by atoms with Gasteiger partial charge in [-0.3, -0.25) is 9.69 Å². The molecular formula is C9H14N2O4. The molecule has 1 aliphatic heterocycles. The number of hydrogen-bond acceptors (Lipinski definition) is 3. The Kier molecular flexibility index (Phi) is 2.70. The lowest BCUT2D eigenvalue weighted by atomic mass is 9.92. The zero-order valence-electron chi connectivity index (χ0n) is 8.98. The third kappa shape index (κ3) is 1.28. The molecule has 6 nitrogen and oxygen atoms in total. The van der Waals surface area contributed by atoms with Crippen molar-refractivity contribution < 1.29 is 19.5 Å². The summed E-state index contributed by atoms with van der Waals surface area (Å²) in [6.07, 6.45) is 0.650. The van der Waals surface area contributed by atoms with Crippen molar-refractivity contribution in [2.75, 3.05) is 14.1 Å². The van der Waals surface area contributed by atoms with Gasteiger partial charge in [0.1, 0.15) is 0 Å². The van der Waals surface area contributed by atoms with Crippen LogP contribution in [0.4, 0.5) is 4.79 Å². The number of carbonyl (C=O) groups excluding carboxylic acids is 2. The standard InChI is InChI=1S/C9H14N2O4/c1-4-5-9(7(13)14)6(12)10(2)8(15)11(9)3/h4-5H2,1-3H3,(H,13,14)/t9-/m0/s1. The molecule has 0 aromatic heterocycles. The van der Waals surface area contributed by atoms with E-state index in [1.165, 1.54) is 14.1 Å². The Morgan fingerprint density at radius 3 is 2.20 bits per heavy atom. The summed E-state index contributed by atoms with van der Waals surface area (Å²) in [5.41, 5.74) is -1.71. The highest BCUT2D eigenvalue weighted by molar-refractivity contribution is 6.18. The Bertz CT molecular complexity index is 328. The molecule has 1 rings (SSSR count). The number of carbonyl (C=O) groups is 3. The maximum absolute atomic E-state index is 11.8. The van der Waals surface area contributed by atoms with Crippen LogP contribution in [0.15, 0.2) is 0 Å². The van der Waals surface area contributed by atoms with Crippen LogP contribution in [0.1, 0.15) is 19.8 Å². The molecule has 3 amide bonds. The summed E-state index contributed by atoms with van der Waals surface area (Å²) in [5, 5.41) is 9.13. The van der Waals surface area contributed by atoms with Crippen LogP contribution in [0.5, 0.6) is 0 Å². The number of nitrogens with zero attached hydrogens (tertiary/aromatic N) is 2. The Labute approximate surface area is 87.5 Å². The van der Waals surface area contributed by atoms with Crippen LogP contribution in [-0.2, 0) is 9.59 Å². The first-order chi connectivity index (χ1) is 6.89. The van der Waals surface area contributed by atoms with Crippen molar-refractivity contribution in [3.8, 4) is 0 Å². The number of carboxylic acid groups (broad SMARTS) is 1. The second kappa shape index (κ2) is 3.52. The van der Waals surface area contributed by atoms with Gasteiger partial charge in [0, 0.05) is 14.1 Å². The number of amides is 3. The monoisotopic (exact) mass is 214 g/mol. The quantitative estimate of drug-likeness (QED) is 0.535. The highest BCUT2D eigenvalue weighted by Gasteiger charge is 2.59. The van der Waals surface area contributed by atoms with Gasteiger partial charge in [-0.05, 0) is 6.42 Å². The predicted molar refractivity (Wildman–Crippen MR) is 51.2 cm³/mol. The number of rotatable bonds is 3. The predicted octanol–water partition coefficient (Wildman–Crippen LogP) is 0.134. The second-order valence-corrected chi connectivity index (χ2v) is 3.62. The van der Waals surface area contributed by atoms with E-state index < -0.39 is 23.4 Å². The van der Waals surface area contributed by atoms with Crippen molar-refractivity contribution in [3.05, 3.63) is 0 Å². The van der Waals surface area contributed by atoms with Gasteiger partial charge in [0.25, 0.3) is 5.91 Å². The molecule has 1 fully saturated rings. The van der Waals surface area contributed by atoms with Gasteiger partial charge in [0.2, 0.25) is 5.54 Å². The molecule has 15 heavy (non-hydrogen) atoms. The molecule has 1 saturated heterocycles. The van der Waals surface area contributed by atoms with Crippen molar-refractivity contribution >= 4 is 17.9 Å². The summed E-state index contributed by atoms with van der Waals surface area (Å²) >= 11 is 0. The van der Waals surface area contributed by atoms with E-state index in [4.69, 9.17) is 5.11 Å². The lowest BCUT2D eigenvalue weighted by Crippen LogP contribution is -2.54. The van der Waals surface area contributed by atoms with E-state index in [1.807, 2.05) is 0 Å². The summed E-state index contributed by atoms with van der Waals surface area (Å²) in [5.74, 6) is -1.93. The third-order valence-electron chi connectivity index (χ3n) is 2.77. The van der Waals surface area contributed by atoms with E-state index in [-0.39, 0.29) is 6.42 Å². The molecule has 84 valence electrons. The minimum atomic E-state index is -1.71. The smallest absolute Gasteiger partial charge is 0.339 e. The van der Waals surface area contributed by atoms with Crippen molar-refractivity contribution in [1.82, 2.24) is 9.80 Å². The first kappa shape index (κ1) is 11.5. The largest absolute Gasteiger partial charge is 0.479 e. The first-order valence-corrected chi connectivity index (χ1v) is 4.69. The minimum Gasteiger partial charge on any atom is -0.479 e. The zero-order chi connectivity index (χ0) is 11.8. The number of hydrogen-bond donors (Lipinski definition) is 1. The zero-order valence-corrected chi connectivity index (χ0v) is 8.98. The van der Waals surface area contributed by atoms with Crippen LogP contribution in [-0.4, -0.2) is 52.4 Å². The van der Waals surface area contributed by atoms with Crippen LogP contribution in [0, 0.1) is 0 Å². The molecule has 6 heteroatoms. The van der Waals surface area contributed by atoms with Gasteiger partial charge in [-0.1, -0.05) is 13.3 Å². The molecule has 0 spiro atoms. The van der Waals surface area contributed by atoms with Gasteiger partial charge < -0.3 is 10.0 Å². The molecule has 0 aliphatic carbocycles. The van der Waals surface area contributed by atoms with Gasteiger partial charge in [0.15, 0.2) is 0 Å². The fraction of sp³-hybridized carbons (Fsp3) is 0.667. The summed E-state index contributed by atoms with van der Waals surface area (Å²) in [6.45, 7) is 1.77. The number of imide groups is 1. The fourth-order valence-electron chi connectivity index (χ4n) is 1.87. The second-order valence-electron chi connectivity index (χ2n) is 3.62. The lowest BCUT2D eigenvalue weighted by molar-refractivity contribution is -0.154. The molecule has 0 bridgehead atoms. The van der Waals surface area contributed by atoms with Crippen LogP contribution in [0.25, 0.3) is 0 Å². The van der Waals surface area contributed by atoms with E-state index >= 15 is 0 Å². The van der Waals surface area contributed by atoms with Gasteiger partial charge >= 0.3 is 12.0 Å². The van der Waals surface area contributed by atoms with Crippen LogP contribution in [0.3, 0.4) is 0 Å². The normalized spacial score (nSPS) is 26.3. The number of aliphatic carboxylic acids is 1. The summed E-state index contributed by atoms with van der Waals surface area (Å²) < 4.78 is 0. The number of carboxylic acids is 1. The Morgan fingerprint density at radius 2 is 1.93 bits per heavy atom. The summed E-state index contributed by atoms with van der Waals surface area (Å²) in [6, 6.07) is -0.573. The lowest BCUT2D eigenvalue weighted by Gasteiger charge is -2.27. The number of urea groups is 1. The molecule has 0 aromatic rings. The van der Waals surface area contributed by atoms with Crippen molar-refractivity contribution in [2.24, 2.45) is 0 Å². The average molecular weight is 214 g/mol. The Morgan fingerprint density at radius 1 is 1.40 bits per heavy atom. The molecule has 1 heterocycles. The molecule has 1 aliphatic rings. The Hall–Kier alpha value is -1.59. The fourth-order valence-corrected chi connectivity index (χ4v) is 1.87. The molecule has 0 saturated carbocycles. The van der Waals surface area contributed by atoms with E-state index in [1.54, 1.807) is 6.92 Å². The highest BCUT2D eigenvalue weighted by Crippen LogP contribution is 2.30. The van der Waals surface area contributed by atoms with Crippen molar-refractivity contribution in [2.45, 2.75) is 25.3 Å². The summed E-state index contributed by atoms with van der Waals surface area (Å²) in [7, 11) is 2.63. The maximum Gasteiger partial charge on any atom is 0.339 e. The van der Waals surface area contributed by atoms with Crippen LogP contribution < -0.4 is 0 Å². The van der Waals surface area contributed by atoms with Gasteiger partial charge in [-0.15, -0.1) is 0 Å². The average Bonchev–Trinajstić information content (AvgIpc) is 2.34. The van der Waals surface area contributed by atoms with Gasteiger partial charge in [-0.2, -0.15) is 0 Å². The van der Waals surface area contributed by atoms with Crippen molar-refractivity contribution in [1.29, 1.82) is 0 Å². The van der Waals surface area contributed by atoms with Crippen molar-refractivity contribution in [3.63, 3.8) is 0 Å². The molecule has 0 aromatic carbocycles. The van der Waals surface area contributed by atoms with E-state index in [9.17, 15) is 14.4 Å². The topological polar surface area (TPSA) is 77.9 Å². The SMILES string of the molecule is CCC[C@@]1(C(=O)O)C(=O)N(C)C(=O)N1C. The molecule has 1 N–H and O–H groups in total. The minimum absolute atomic E-state index is 0.133. The van der Waals surface area contributed by atoms with Crippen LogP contribution >= 0.6 is 0 Å². The van der Waals surface area contributed by atoms with E-state index in [0.29, 0.717) is 6.42 Å². The van der Waals surface area contributed by atoms with Gasteiger partial charge in [-0.25, -0.2) is 9.59 Å². The molecule has 1 atom stereocenters.